The first kappa shape index (κ1) is 11.7. The predicted molar refractivity (Wildman–Crippen MR) is 47.2 cm³/mol. The zero-order valence-electron chi connectivity index (χ0n) is 8.25. The van der Waals surface area contributed by atoms with E-state index in [0.717, 1.165) is 0 Å². The van der Waals surface area contributed by atoms with Crippen LogP contribution < -0.4 is 0 Å². The molecule has 1 unspecified atom stereocenters. The normalized spacial score (nSPS) is 14.5. The van der Waals surface area contributed by atoms with E-state index in [1.165, 1.54) is 14.0 Å². The lowest BCUT2D eigenvalue weighted by atomic mass is 9.98. The molecule has 13 heavy (non-hydrogen) atoms. The van der Waals surface area contributed by atoms with Gasteiger partial charge in [-0.25, -0.2) is 4.79 Å². The molecule has 4 nitrogen and oxygen atoms in total. The molecule has 0 aromatic heterocycles. The Balaban J connectivity index is 4.96. The maximum Gasteiger partial charge on any atom is 0.371 e. The maximum absolute atomic E-state index is 10.9. The lowest BCUT2D eigenvalue weighted by Crippen LogP contribution is -2.14. The van der Waals surface area contributed by atoms with E-state index >= 15 is 0 Å². The SMILES string of the molecule is CO/C(C(=O)O)=C(/C)C(C)C(C)=O. The molecule has 0 aromatic rings. The Labute approximate surface area is 77.2 Å². The second kappa shape index (κ2) is 4.64. The number of ether oxygens (including phenoxy) is 1. The first-order valence-electron chi connectivity index (χ1n) is 3.90. The Morgan fingerprint density at radius 3 is 2.00 bits per heavy atom. The lowest BCUT2D eigenvalue weighted by molar-refractivity contribution is -0.136. The molecular formula is C9H14O4. The first-order chi connectivity index (χ1) is 5.91. The average Bonchev–Trinajstić information content (AvgIpc) is 2.03. The third kappa shape index (κ3) is 2.89. The summed E-state index contributed by atoms with van der Waals surface area (Å²) in [6, 6.07) is 0. The molecule has 0 spiro atoms. The van der Waals surface area contributed by atoms with Crippen LogP contribution >= 0.6 is 0 Å². The van der Waals surface area contributed by atoms with E-state index in [9.17, 15) is 9.59 Å². The molecule has 0 bridgehead atoms. The van der Waals surface area contributed by atoms with Crippen molar-refractivity contribution in [3.05, 3.63) is 11.3 Å². The van der Waals surface area contributed by atoms with Gasteiger partial charge in [-0.15, -0.1) is 0 Å². The maximum atomic E-state index is 10.9. The lowest BCUT2D eigenvalue weighted by Gasteiger charge is -2.11. The molecule has 0 heterocycles. The molecule has 0 aliphatic carbocycles. The van der Waals surface area contributed by atoms with E-state index in [1.54, 1.807) is 13.8 Å². The quantitative estimate of drug-likeness (QED) is 0.529. The minimum Gasteiger partial charge on any atom is -0.490 e. The summed E-state index contributed by atoms with van der Waals surface area (Å²) in [6.07, 6.45) is 0. The van der Waals surface area contributed by atoms with E-state index < -0.39 is 11.9 Å². The molecule has 0 radical (unpaired) electrons. The number of rotatable bonds is 4. The molecule has 0 saturated carbocycles. The monoisotopic (exact) mass is 186 g/mol. The van der Waals surface area contributed by atoms with E-state index in [-0.39, 0.29) is 11.5 Å². The Hall–Kier alpha value is -1.32. The van der Waals surface area contributed by atoms with Crippen molar-refractivity contribution in [2.45, 2.75) is 20.8 Å². The summed E-state index contributed by atoms with van der Waals surface area (Å²) in [6.45, 7) is 4.65. The van der Waals surface area contributed by atoms with Gasteiger partial charge in [-0.2, -0.15) is 0 Å². The Morgan fingerprint density at radius 2 is 1.77 bits per heavy atom. The number of methoxy groups -OCH3 is 1. The Bertz CT molecular complexity index is 252. The summed E-state index contributed by atoms with van der Waals surface area (Å²) in [5.41, 5.74) is 0.447. The van der Waals surface area contributed by atoms with Crippen molar-refractivity contribution >= 4 is 11.8 Å². The van der Waals surface area contributed by atoms with Gasteiger partial charge in [0.2, 0.25) is 5.76 Å². The summed E-state index contributed by atoms with van der Waals surface area (Å²) in [4.78, 5) is 21.6. The number of hydrogen-bond donors (Lipinski definition) is 1. The van der Waals surface area contributed by atoms with Crippen molar-refractivity contribution < 1.29 is 19.4 Å². The molecule has 0 amide bonds. The van der Waals surface area contributed by atoms with E-state index in [2.05, 4.69) is 4.74 Å². The van der Waals surface area contributed by atoms with Crippen molar-refractivity contribution in [1.29, 1.82) is 0 Å². The molecular weight excluding hydrogens is 172 g/mol. The van der Waals surface area contributed by atoms with Gasteiger partial charge in [-0.3, -0.25) is 4.79 Å². The molecule has 0 saturated heterocycles. The van der Waals surface area contributed by atoms with Gasteiger partial charge >= 0.3 is 5.97 Å². The number of ketones is 1. The predicted octanol–water partition coefficient (Wildman–Crippen LogP) is 1.22. The number of Topliss-reactive ketones (excluding diaryl/α,β-unsaturated/α-hetero) is 1. The zero-order valence-corrected chi connectivity index (χ0v) is 8.25. The number of allylic oxidation sites excluding steroid dienone is 1. The average molecular weight is 186 g/mol. The van der Waals surface area contributed by atoms with E-state index in [4.69, 9.17) is 5.11 Å². The third-order valence-corrected chi connectivity index (χ3v) is 2.02. The summed E-state index contributed by atoms with van der Waals surface area (Å²) >= 11 is 0. The molecule has 4 heteroatoms. The van der Waals surface area contributed by atoms with Gasteiger partial charge in [0.15, 0.2) is 0 Å². The number of aliphatic carboxylic acids is 1. The molecule has 0 fully saturated rings. The minimum absolute atomic E-state index is 0.0756. The first-order valence-corrected chi connectivity index (χ1v) is 3.90. The fraction of sp³-hybridized carbons (Fsp3) is 0.556. The third-order valence-electron chi connectivity index (χ3n) is 2.02. The molecule has 0 rings (SSSR count). The van der Waals surface area contributed by atoms with Crippen LogP contribution in [-0.2, 0) is 14.3 Å². The van der Waals surface area contributed by atoms with Crippen LogP contribution in [0.15, 0.2) is 11.3 Å². The number of carboxylic acid groups (broad SMARTS) is 1. The van der Waals surface area contributed by atoms with Crippen molar-refractivity contribution in [3.63, 3.8) is 0 Å². The van der Waals surface area contributed by atoms with Crippen LogP contribution in [0, 0.1) is 5.92 Å². The van der Waals surface area contributed by atoms with Crippen molar-refractivity contribution in [2.75, 3.05) is 7.11 Å². The minimum atomic E-state index is -1.15. The van der Waals surface area contributed by atoms with Crippen molar-refractivity contribution in [3.8, 4) is 0 Å². The summed E-state index contributed by atoms with van der Waals surface area (Å²) < 4.78 is 4.67. The molecule has 1 atom stereocenters. The van der Waals surface area contributed by atoms with Gasteiger partial charge in [0, 0.05) is 5.92 Å². The zero-order chi connectivity index (χ0) is 10.6. The second-order valence-electron chi connectivity index (χ2n) is 2.85. The van der Waals surface area contributed by atoms with Crippen LogP contribution in [0.1, 0.15) is 20.8 Å². The fourth-order valence-corrected chi connectivity index (χ4v) is 0.919. The van der Waals surface area contributed by atoms with Crippen LogP contribution in [0.2, 0.25) is 0 Å². The topological polar surface area (TPSA) is 63.6 Å². The number of carbonyl (C=O) groups excluding carboxylic acids is 1. The second-order valence-corrected chi connectivity index (χ2v) is 2.85. The van der Waals surface area contributed by atoms with E-state index in [0.29, 0.717) is 5.57 Å². The highest BCUT2D eigenvalue weighted by Gasteiger charge is 2.19. The van der Waals surface area contributed by atoms with Gasteiger partial charge in [0.1, 0.15) is 5.78 Å². The highest BCUT2D eigenvalue weighted by molar-refractivity contribution is 5.88. The molecule has 74 valence electrons. The van der Waals surface area contributed by atoms with Gasteiger partial charge < -0.3 is 9.84 Å². The molecule has 0 aliphatic heterocycles. The van der Waals surface area contributed by atoms with Crippen LogP contribution in [0.4, 0.5) is 0 Å². The summed E-state index contributed by atoms with van der Waals surface area (Å²) in [5.74, 6) is -1.78. The van der Waals surface area contributed by atoms with Gasteiger partial charge in [-0.05, 0) is 19.4 Å². The Kier molecular flexibility index (Phi) is 4.17. The highest BCUT2D eigenvalue weighted by atomic mass is 16.5. The molecule has 0 aromatic carbocycles. The van der Waals surface area contributed by atoms with Gasteiger partial charge in [0.05, 0.1) is 7.11 Å². The highest BCUT2D eigenvalue weighted by Crippen LogP contribution is 2.16. The smallest absolute Gasteiger partial charge is 0.371 e. The number of hydrogen-bond acceptors (Lipinski definition) is 3. The molecule has 0 aliphatic rings. The number of carboxylic acids is 1. The van der Waals surface area contributed by atoms with Crippen molar-refractivity contribution in [2.24, 2.45) is 5.92 Å². The Morgan fingerprint density at radius 1 is 1.31 bits per heavy atom. The fourth-order valence-electron chi connectivity index (χ4n) is 0.919. The van der Waals surface area contributed by atoms with Crippen LogP contribution in [0.25, 0.3) is 0 Å². The summed E-state index contributed by atoms with van der Waals surface area (Å²) in [5, 5.41) is 8.68. The van der Waals surface area contributed by atoms with Crippen LogP contribution in [0.3, 0.4) is 0 Å². The van der Waals surface area contributed by atoms with Gasteiger partial charge in [-0.1, -0.05) is 6.92 Å². The largest absolute Gasteiger partial charge is 0.490 e. The van der Waals surface area contributed by atoms with Crippen LogP contribution in [0.5, 0.6) is 0 Å². The van der Waals surface area contributed by atoms with E-state index in [1.807, 2.05) is 0 Å². The molecule has 1 N–H and O–H groups in total. The summed E-state index contributed by atoms with van der Waals surface area (Å²) in [7, 11) is 1.28. The van der Waals surface area contributed by atoms with Crippen LogP contribution in [-0.4, -0.2) is 24.0 Å². The van der Waals surface area contributed by atoms with Gasteiger partial charge in [0.25, 0.3) is 0 Å². The standard InChI is InChI=1S/C9H14O4/c1-5(7(3)10)6(2)8(13-4)9(11)12/h5H,1-4H3,(H,11,12)/b8-6-. The van der Waals surface area contributed by atoms with Crippen molar-refractivity contribution in [1.82, 2.24) is 0 Å². The number of carbonyl (C=O) groups is 2.